The lowest BCUT2D eigenvalue weighted by Gasteiger charge is -2.06. The molecule has 2 rings (SSSR count). The highest BCUT2D eigenvalue weighted by Gasteiger charge is 2.07. The second-order valence-electron chi connectivity index (χ2n) is 5.04. The maximum atomic E-state index is 11.7. The van der Waals surface area contributed by atoms with Crippen molar-refractivity contribution in [1.29, 1.82) is 0 Å². The molecule has 3 N–H and O–H groups in total. The number of primary sulfonamides is 1. The SMILES string of the molecule is NS(=O)(=O)c1ccc(CCNC(=O)CCc2cncnc2)cc1. The van der Waals surface area contributed by atoms with Crippen LogP contribution in [0, 0.1) is 0 Å². The van der Waals surface area contributed by atoms with E-state index in [-0.39, 0.29) is 10.8 Å². The molecular weight excluding hydrogens is 316 g/mol. The molecule has 0 unspecified atom stereocenters. The monoisotopic (exact) mass is 334 g/mol. The lowest BCUT2D eigenvalue weighted by atomic mass is 10.1. The highest BCUT2D eigenvalue weighted by molar-refractivity contribution is 7.89. The van der Waals surface area contributed by atoms with E-state index in [0.717, 1.165) is 11.1 Å². The molecule has 0 atom stereocenters. The lowest BCUT2D eigenvalue weighted by molar-refractivity contribution is -0.121. The van der Waals surface area contributed by atoms with E-state index in [0.29, 0.717) is 25.8 Å². The maximum absolute atomic E-state index is 11.7. The fraction of sp³-hybridized carbons (Fsp3) is 0.267. The summed E-state index contributed by atoms with van der Waals surface area (Å²) in [5.74, 6) is -0.0463. The van der Waals surface area contributed by atoms with Gasteiger partial charge in [0.1, 0.15) is 6.33 Å². The Kier molecular flexibility index (Phi) is 5.78. The highest BCUT2D eigenvalue weighted by Crippen LogP contribution is 2.09. The first kappa shape index (κ1) is 17.0. The quantitative estimate of drug-likeness (QED) is 0.761. The molecule has 1 aromatic carbocycles. The van der Waals surface area contributed by atoms with Crippen LogP contribution in [-0.2, 0) is 27.7 Å². The Morgan fingerprint density at radius 3 is 2.30 bits per heavy atom. The Labute approximate surface area is 135 Å². The van der Waals surface area contributed by atoms with Gasteiger partial charge in [0.05, 0.1) is 4.90 Å². The molecule has 8 heteroatoms. The van der Waals surface area contributed by atoms with Gasteiger partial charge in [-0.25, -0.2) is 23.5 Å². The van der Waals surface area contributed by atoms with Crippen LogP contribution in [0.1, 0.15) is 17.5 Å². The largest absolute Gasteiger partial charge is 0.356 e. The molecule has 0 aliphatic heterocycles. The second-order valence-corrected chi connectivity index (χ2v) is 6.60. The molecule has 1 amide bonds. The van der Waals surface area contributed by atoms with Crippen LogP contribution in [-0.4, -0.2) is 30.8 Å². The van der Waals surface area contributed by atoms with E-state index in [4.69, 9.17) is 5.14 Å². The predicted molar refractivity (Wildman–Crippen MR) is 84.9 cm³/mol. The minimum absolute atomic E-state index is 0.0463. The van der Waals surface area contributed by atoms with Crippen LogP contribution in [0.2, 0.25) is 0 Å². The van der Waals surface area contributed by atoms with Gasteiger partial charge < -0.3 is 5.32 Å². The minimum atomic E-state index is -3.67. The first-order valence-electron chi connectivity index (χ1n) is 7.07. The van der Waals surface area contributed by atoms with Crippen molar-refractivity contribution in [2.45, 2.75) is 24.2 Å². The van der Waals surface area contributed by atoms with E-state index in [2.05, 4.69) is 15.3 Å². The van der Waals surface area contributed by atoms with E-state index < -0.39 is 10.0 Å². The molecule has 0 radical (unpaired) electrons. The first-order valence-corrected chi connectivity index (χ1v) is 8.62. The van der Waals surface area contributed by atoms with Crippen molar-refractivity contribution in [3.8, 4) is 0 Å². The van der Waals surface area contributed by atoms with E-state index >= 15 is 0 Å². The van der Waals surface area contributed by atoms with Gasteiger partial charge in [-0.05, 0) is 36.1 Å². The zero-order valence-corrected chi connectivity index (χ0v) is 13.3. The Balaban J connectivity index is 1.73. The molecule has 0 fully saturated rings. The van der Waals surface area contributed by atoms with Crippen LogP contribution >= 0.6 is 0 Å². The van der Waals surface area contributed by atoms with Gasteiger partial charge in [0, 0.05) is 25.4 Å². The van der Waals surface area contributed by atoms with Crippen LogP contribution in [0.4, 0.5) is 0 Å². The number of rotatable bonds is 7. The number of hydrogen-bond acceptors (Lipinski definition) is 5. The normalized spacial score (nSPS) is 11.2. The number of nitrogens with one attached hydrogen (secondary N) is 1. The van der Waals surface area contributed by atoms with Crippen LogP contribution in [0.15, 0.2) is 47.9 Å². The van der Waals surface area contributed by atoms with E-state index in [1.54, 1.807) is 24.5 Å². The summed E-state index contributed by atoms with van der Waals surface area (Å²) >= 11 is 0. The Hall–Kier alpha value is -2.32. The van der Waals surface area contributed by atoms with Crippen LogP contribution in [0.25, 0.3) is 0 Å². The summed E-state index contributed by atoms with van der Waals surface area (Å²) in [5, 5.41) is 7.86. The molecule has 0 aliphatic carbocycles. The summed E-state index contributed by atoms with van der Waals surface area (Å²) in [6, 6.07) is 6.30. The van der Waals surface area contributed by atoms with Crippen molar-refractivity contribution in [2.24, 2.45) is 5.14 Å². The van der Waals surface area contributed by atoms with Crippen molar-refractivity contribution in [3.63, 3.8) is 0 Å². The van der Waals surface area contributed by atoms with Crippen molar-refractivity contribution in [3.05, 3.63) is 54.1 Å². The first-order chi connectivity index (χ1) is 10.9. The molecule has 122 valence electrons. The number of amides is 1. The molecule has 0 saturated heterocycles. The van der Waals surface area contributed by atoms with Gasteiger partial charge in [0.25, 0.3) is 0 Å². The Bertz CT molecular complexity index is 746. The zero-order chi connectivity index (χ0) is 16.7. The van der Waals surface area contributed by atoms with Gasteiger partial charge in [0.2, 0.25) is 15.9 Å². The molecule has 23 heavy (non-hydrogen) atoms. The second kappa shape index (κ2) is 7.80. The van der Waals surface area contributed by atoms with Crippen LogP contribution in [0.5, 0.6) is 0 Å². The predicted octanol–water partition coefficient (Wildman–Crippen LogP) is 0.415. The Morgan fingerprint density at radius 1 is 1.04 bits per heavy atom. The van der Waals surface area contributed by atoms with Crippen molar-refractivity contribution in [2.75, 3.05) is 6.54 Å². The van der Waals surface area contributed by atoms with Gasteiger partial charge in [0.15, 0.2) is 0 Å². The maximum Gasteiger partial charge on any atom is 0.238 e. The zero-order valence-electron chi connectivity index (χ0n) is 12.5. The number of hydrogen-bond donors (Lipinski definition) is 2. The number of aryl methyl sites for hydroxylation is 1. The Morgan fingerprint density at radius 2 is 1.70 bits per heavy atom. The lowest BCUT2D eigenvalue weighted by Crippen LogP contribution is -2.25. The van der Waals surface area contributed by atoms with Crippen molar-refractivity contribution < 1.29 is 13.2 Å². The molecule has 1 heterocycles. The topological polar surface area (TPSA) is 115 Å². The van der Waals surface area contributed by atoms with Gasteiger partial charge >= 0.3 is 0 Å². The van der Waals surface area contributed by atoms with Crippen molar-refractivity contribution >= 4 is 15.9 Å². The molecule has 1 aromatic heterocycles. The van der Waals surface area contributed by atoms with Gasteiger partial charge in [-0.15, -0.1) is 0 Å². The van der Waals surface area contributed by atoms with E-state index in [9.17, 15) is 13.2 Å². The molecular formula is C15H18N4O3S. The number of sulfonamides is 1. The third-order valence-corrected chi connectivity index (χ3v) is 4.17. The summed E-state index contributed by atoms with van der Waals surface area (Å²) in [6.07, 6.45) is 6.41. The molecule has 0 aliphatic rings. The number of nitrogens with zero attached hydrogens (tertiary/aromatic N) is 2. The average molecular weight is 334 g/mol. The summed E-state index contributed by atoms with van der Waals surface area (Å²) < 4.78 is 22.3. The number of nitrogens with two attached hydrogens (primary N) is 1. The van der Waals surface area contributed by atoms with E-state index in [1.165, 1.54) is 18.5 Å². The van der Waals surface area contributed by atoms with Crippen molar-refractivity contribution in [1.82, 2.24) is 15.3 Å². The number of carbonyl (C=O) groups excluding carboxylic acids is 1. The molecule has 7 nitrogen and oxygen atoms in total. The fourth-order valence-electron chi connectivity index (χ4n) is 2.00. The van der Waals surface area contributed by atoms with Gasteiger partial charge in [-0.1, -0.05) is 12.1 Å². The summed E-state index contributed by atoms with van der Waals surface area (Å²) in [7, 11) is -3.67. The summed E-state index contributed by atoms with van der Waals surface area (Å²) in [6.45, 7) is 0.485. The van der Waals surface area contributed by atoms with Gasteiger partial charge in [-0.3, -0.25) is 4.79 Å². The number of aromatic nitrogens is 2. The molecule has 2 aromatic rings. The molecule has 0 saturated carbocycles. The van der Waals surface area contributed by atoms with Gasteiger partial charge in [-0.2, -0.15) is 0 Å². The summed E-state index contributed by atoms with van der Waals surface area (Å²) in [4.78, 5) is 19.6. The third-order valence-electron chi connectivity index (χ3n) is 3.24. The third kappa shape index (κ3) is 5.76. The average Bonchev–Trinajstić information content (AvgIpc) is 2.53. The molecule has 0 spiro atoms. The van der Waals surface area contributed by atoms with Crippen LogP contribution < -0.4 is 10.5 Å². The number of carbonyl (C=O) groups is 1. The fourth-order valence-corrected chi connectivity index (χ4v) is 2.51. The standard InChI is InChI=1S/C15H18N4O3S/c16-23(21,22)14-4-1-12(2-5-14)7-8-19-15(20)6-3-13-9-17-11-18-10-13/h1-2,4-5,9-11H,3,6-8H2,(H,19,20)(H2,16,21,22). The minimum Gasteiger partial charge on any atom is -0.356 e. The number of benzene rings is 1. The van der Waals surface area contributed by atoms with Crippen LogP contribution in [0.3, 0.4) is 0 Å². The summed E-state index contributed by atoms with van der Waals surface area (Å²) in [5.41, 5.74) is 1.84. The smallest absolute Gasteiger partial charge is 0.238 e. The van der Waals surface area contributed by atoms with E-state index in [1.807, 2.05) is 0 Å². The highest BCUT2D eigenvalue weighted by atomic mass is 32.2. The molecule has 0 bridgehead atoms.